The molecule has 0 saturated heterocycles. The molecule has 2 N–H and O–H groups in total. The predicted molar refractivity (Wildman–Crippen MR) is 50.9 cm³/mol. The summed E-state index contributed by atoms with van der Waals surface area (Å²) in [4.78, 5) is 0. The summed E-state index contributed by atoms with van der Waals surface area (Å²) in [5.41, 5.74) is 5.94. The molecule has 0 amide bonds. The quantitative estimate of drug-likeness (QED) is 0.702. The summed E-state index contributed by atoms with van der Waals surface area (Å²) in [7, 11) is 0. The van der Waals surface area contributed by atoms with Gasteiger partial charge in [-0.3, -0.25) is 0 Å². The minimum Gasteiger partial charge on any atom is -0.374 e. The van der Waals surface area contributed by atoms with Gasteiger partial charge in [-0.1, -0.05) is 18.2 Å². The first-order chi connectivity index (χ1) is 6.14. The van der Waals surface area contributed by atoms with Gasteiger partial charge in [0.25, 0.3) is 0 Å². The Morgan fingerprint density at radius 3 is 3.08 bits per heavy atom. The van der Waals surface area contributed by atoms with Crippen LogP contribution in [-0.2, 0) is 4.74 Å². The molecule has 0 saturated carbocycles. The number of nitrogens with zero attached hydrogens (tertiary/aromatic N) is 1. The highest BCUT2D eigenvalue weighted by molar-refractivity contribution is 5.23. The van der Waals surface area contributed by atoms with Crippen molar-refractivity contribution in [3.05, 3.63) is 23.8 Å². The minimum atomic E-state index is -0.868. The lowest BCUT2D eigenvalue weighted by Crippen LogP contribution is -2.39. The van der Waals surface area contributed by atoms with Crippen LogP contribution in [0.4, 0.5) is 0 Å². The summed E-state index contributed by atoms with van der Waals surface area (Å²) < 4.78 is 5.32. The molecule has 0 aliphatic heterocycles. The highest BCUT2D eigenvalue weighted by Crippen LogP contribution is 2.10. The van der Waals surface area contributed by atoms with Crippen LogP contribution in [0.2, 0.25) is 0 Å². The summed E-state index contributed by atoms with van der Waals surface area (Å²) in [5, 5.41) is 8.60. The lowest BCUT2D eigenvalue weighted by atomic mass is 10.1. The normalized spacial score (nSPS) is 19.3. The lowest BCUT2D eigenvalue weighted by molar-refractivity contribution is 0.126. The molecule has 0 fully saturated rings. The maximum absolute atomic E-state index is 8.60. The number of nitrogens with two attached hydrogens (primary N) is 1. The molecule has 0 aromatic rings. The molecule has 1 unspecified atom stereocenters. The highest BCUT2D eigenvalue weighted by atomic mass is 16.5. The van der Waals surface area contributed by atoms with Crippen molar-refractivity contribution in [2.24, 2.45) is 5.73 Å². The SMILES string of the molecule is CC(N)(C#N)COCC1=CC=CC1. The van der Waals surface area contributed by atoms with Crippen molar-refractivity contribution in [2.45, 2.75) is 18.9 Å². The van der Waals surface area contributed by atoms with Crippen molar-refractivity contribution in [3.8, 4) is 6.07 Å². The third-order valence-corrected chi connectivity index (χ3v) is 1.79. The summed E-state index contributed by atoms with van der Waals surface area (Å²) >= 11 is 0. The zero-order chi connectivity index (χ0) is 9.73. The molecular weight excluding hydrogens is 164 g/mol. The zero-order valence-electron chi connectivity index (χ0n) is 7.79. The standard InChI is InChI=1S/C10H14N2O/c1-10(12,7-11)8-13-6-9-4-2-3-5-9/h2-4H,5-6,8,12H2,1H3. The van der Waals surface area contributed by atoms with Gasteiger partial charge in [-0.2, -0.15) is 5.26 Å². The van der Waals surface area contributed by atoms with Crippen molar-refractivity contribution in [3.63, 3.8) is 0 Å². The fraction of sp³-hybridized carbons (Fsp3) is 0.500. The molecule has 0 radical (unpaired) electrons. The Morgan fingerprint density at radius 2 is 2.54 bits per heavy atom. The molecule has 0 aromatic heterocycles. The van der Waals surface area contributed by atoms with E-state index < -0.39 is 5.54 Å². The Kier molecular flexibility index (Phi) is 3.24. The van der Waals surface area contributed by atoms with Crippen molar-refractivity contribution < 1.29 is 4.74 Å². The molecule has 13 heavy (non-hydrogen) atoms. The van der Waals surface area contributed by atoms with Crippen LogP contribution in [0.25, 0.3) is 0 Å². The number of ether oxygens (including phenoxy) is 1. The Bertz CT molecular complexity index is 271. The second kappa shape index (κ2) is 4.22. The monoisotopic (exact) mass is 178 g/mol. The van der Waals surface area contributed by atoms with Gasteiger partial charge in [0.15, 0.2) is 0 Å². The maximum Gasteiger partial charge on any atom is 0.125 e. The van der Waals surface area contributed by atoms with Crippen LogP contribution in [0, 0.1) is 11.3 Å². The molecule has 0 aromatic carbocycles. The fourth-order valence-electron chi connectivity index (χ4n) is 1.03. The van der Waals surface area contributed by atoms with E-state index in [-0.39, 0.29) is 6.61 Å². The molecule has 3 nitrogen and oxygen atoms in total. The van der Waals surface area contributed by atoms with Crippen LogP contribution in [0.3, 0.4) is 0 Å². The highest BCUT2D eigenvalue weighted by Gasteiger charge is 2.17. The van der Waals surface area contributed by atoms with Gasteiger partial charge in [0.05, 0.1) is 19.3 Å². The van der Waals surface area contributed by atoms with Gasteiger partial charge < -0.3 is 10.5 Å². The second-order valence-electron chi connectivity index (χ2n) is 3.48. The lowest BCUT2D eigenvalue weighted by Gasteiger charge is -2.15. The Hall–Kier alpha value is -1.11. The third kappa shape index (κ3) is 3.41. The molecular formula is C10H14N2O. The zero-order valence-corrected chi connectivity index (χ0v) is 7.79. The molecule has 0 bridgehead atoms. The Labute approximate surface area is 78.5 Å². The van der Waals surface area contributed by atoms with Gasteiger partial charge in [0.1, 0.15) is 5.54 Å². The van der Waals surface area contributed by atoms with Gasteiger partial charge >= 0.3 is 0 Å². The van der Waals surface area contributed by atoms with Crippen molar-refractivity contribution in [2.75, 3.05) is 13.2 Å². The summed E-state index contributed by atoms with van der Waals surface area (Å²) in [6.45, 7) is 2.51. The predicted octanol–water partition coefficient (Wildman–Crippen LogP) is 1.13. The van der Waals surface area contributed by atoms with E-state index in [0.29, 0.717) is 6.61 Å². The molecule has 1 aliphatic carbocycles. The molecule has 1 rings (SSSR count). The van der Waals surface area contributed by atoms with Gasteiger partial charge in [0, 0.05) is 0 Å². The number of nitriles is 1. The molecule has 70 valence electrons. The number of hydrogen-bond donors (Lipinski definition) is 1. The van der Waals surface area contributed by atoms with E-state index >= 15 is 0 Å². The van der Waals surface area contributed by atoms with Crippen molar-refractivity contribution in [1.29, 1.82) is 5.26 Å². The largest absolute Gasteiger partial charge is 0.374 e. The first-order valence-electron chi connectivity index (χ1n) is 4.26. The van der Waals surface area contributed by atoms with Crippen LogP contribution < -0.4 is 5.73 Å². The topological polar surface area (TPSA) is 59.0 Å². The number of allylic oxidation sites excluding steroid dienone is 3. The van der Waals surface area contributed by atoms with Gasteiger partial charge in [-0.15, -0.1) is 0 Å². The first kappa shape index (κ1) is 9.97. The Morgan fingerprint density at radius 1 is 1.77 bits per heavy atom. The van der Waals surface area contributed by atoms with Crippen LogP contribution in [-0.4, -0.2) is 18.8 Å². The fourth-order valence-corrected chi connectivity index (χ4v) is 1.03. The molecule has 0 spiro atoms. The summed E-state index contributed by atoms with van der Waals surface area (Å²) in [6, 6.07) is 1.98. The summed E-state index contributed by atoms with van der Waals surface area (Å²) in [6.07, 6.45) is 7.06. The van der Waals surface area contributed by atoms with Crippen molar-refractivity contribution in [1.82, 2.24) is 0 Å². The Balaban J connectivity index is 2.18. The van der Waals surface area contributed by atoms with Crippen LogP contribution in [0.15, 0.2) is 23.8 Å². The van der Waals surface area contributed by atoms with Crippen LogP contribution in [0.5, 0.6) is 0 Å². The third-order valence-electron chi connectivity index (χ3n) is 1.79. The van der Waals surface area contributed by atoms with E-state index in [2.05, 4.69) is 6.08 Å². The van der Waals surface area contributed by atoms with E-state index in [1.807, 2.05) is 18.2 Å². The van der Waals surface area contributed by atoms with E-state index in [0.717, 1.165) is 6.42 Å². The van der Waals surface area contributed by atoms with E-state index in [9.17, 15) is 0 Å². The molecule has 3 heteroatoms. The van der Waals surface area contributed by atoms with E-state index in [1.165, 1.54) is 5.57 Å². The minimum absolute atomic E-state index is 0.279. The second-order valence-corrected chi connectivity index (χ2v) is 3.48. The molecule has 1 aliphatic rings. The van der Waals surface area contributed by atoms with Gasteiger partial charge in [-0.05, 0) is 18.9 Å². The van der Waals surface area contributed by atoms with Gasteiger partial charge in [0.2, 0.25) is 0 Å². The number of hydrogen-bond acceptors (Lipinski definition) is 3. The van der Waals surface area contributed by atoms with Gasteiger partial charge in [-0.25, -0.2) is 0 Å². The maximum atomic E-state index is 8.60. The average molecular weight is 178 g/mol. The average Bonchev–Trinajstić information content (AvgIpc) is 2.57. The van der Waals surface area contributed by atoms with E-state index in [4.69, 9.17) is 15.7 Å². The summed E-state index contributed by atoms with van der Waals surface area (Å²) in [5.74, 6) is 0. The smallest absolute Gasteiger partial charge is 0.125 e. The van der Waals surface area contributed by atoms with Crippen LogP contribution >= 0.6 is 0 Å². The molecule has 1 atom stereocenters. The first-order valence-corrected chi connectivity index (χ1v) is 4.26. The number of rotatable bonds is 4. The van der Waals surface area contributed by atoms with Crippen LogP contribution in [0.1, 0.15) is 13.3 Å². The van der Waals surface area contributed by atoms with Crippen molar-refractivity contribution >= 4 is 0 Å². The molecule has 0 heterocycles. The van der Waals surface area contributed by atoms with E-state index in [1.54, 1.807) is 6.92 Å².